The van der Waals surface area contributed by atoms with Gasteiger partial charge in [-0.1, -0.05) is 25.8 Å². The lowest BCUT2D eigenvalue weighted by atomic mass is 9.99. The van der Waals surface area contributed by atoms with Crippen molar-refractivity contribution in [1.29, 1.82) is 0 Å². The van der Waals surface area contributed by atoms with Gasteiger partial charge in [0.05, 0.1) is 0 Å². The maximum absolute atomic E-state index is 10.8. The topological polar surface area (TPSA) is 17.1 Å². The molecule has 12 heavy (non-hydrogen) atoms. The highest BCUT2D eigenvalue weighted by molar-refractivity contribution is 5.77. The summed E-state index contributed by atoms with van der Waals surface area (Å²) in [5, 5.41) is 0. The molecule has 70 valence electrons. The summed E-state index contributed by atoms with van der Waals surface area (Å²) >= 11 is 0. The molecule has 0 saturated heterocycles. The van der Waals surface area contributed by atoms with E-state index in [1.54, 1.807) is 6.92 Å². The SMILES string of the molecule is C=CCCCCCC(C)C(C)=O. The Morgan fingerprint density at radius 1 is 1.42 bits per heavy atom. The fourth-order valence-electron chi connectivity index (χ4n) is 1.12. The van der Waals surface area contributed by atoms with Gasteiger partial charge in [0.25, 0.3) is 0 Å². The number of hydrogen-bond acceptors (Lipinski definition) is 1. The van der Waals surface area contributed by atoms with E-state index >= 15 is 0 Å². The van der Waals surface area contributed by atoms with Gasteiger partial charge in [0, 0.05) is 5.92 Å². The smallest absolute Gasteiger partial charge is 0.132 e. The van der Waals surface area contributed by atoms with Crippen LogP contribution >= 0.6 is 0 Å². The summed E-state index contributed by atoms with van der Waals surface area (Å²) < 4.78 is 0. The molecule has 0 aromatic carbocycles. The second-order valence-electron chi connectivity index (χ2n) is 3.44. The van der Waals surface area contributed by atoms with Crippen LogP contribution in [0.2, 0.25) is 0 Å². The zero-order chi connectivity index (χ0) is 9.40. The minimum absolute atomic E-state index is 0.258. The summed E-state index contributed by atoms with van der Waals surface area (Å²) in [5.41, 5.74) is 0. The minimum atomic E-state index is 0.258. The molecule has 0 aliphatic carbocycles. The van der Waals surface area contributed by atoms with E-state index in [2.05, 4.69) is 6.58 Å². The number of Topliss-reactive ketones (excluding diaryl/α,β-unsaturated/α-hetero) is 1. The van der Waals surface area contributed by atoms with Crippen LogP contribution in [0.4, 0.5) is 0 Å². The maximum Gasteiger partial charge on any atom is 0.132 e. The fourth-order valence-corrected chi connectivity index (χ4v) is 1.12. The van der Waals surface area contributed by atoms with Crippen LogP contribution in [0.3, 0.4) is 0 Å². The second-order valence-corrected chi connectivity index (χ2v) is 3.44. The van der Waals surface area contributed by atoms with Gasteiger partial charge >= 0.3 is 0 Å². The standard InChI is InChI=1S/C11H20O/c1-4-5-6-7-8-9-10(2)11(3)12/h4,10H,1,5-9H2,2-3H3. The zero-order valence-corrected chi connectivity index (χ0v) is 8.31. The van der Waals surface area contributed by atoms with Crippen LogP contribution in [0.5, 0.6) is 0 Å². The Morgan fingerprint density at radius 2 is 2.08 bits per heavy atom. The highest BCUT2D eigenvalue weighted by atomic mass is 16.1. The highest BCUT2D eigenvalue weighted by Gasteiger charge is 2.05. The molecule has 0 aromatic rings. The Balaban J connectivity index is 3.19. The van der Waals surface area contributed by atoms with Crippen molar-refractivity contribution in [1.82, 2.24) is 0 Å². The molecule has 0 aromatic heterocycles. The number of carbonyl (C=O) groups is 1. The summed E-state index contributed by atoms with van der Waals surface area (Å²) in [7, 11) is 0. The van der Waals surface area contributed by atoms with Gasteiger partial charge in [-0.2, -0.15) is 0 Å². The second kappa shape index (κ2) is 7.08. The summed E-state index contributed by atoms with van der Waals surface area (Å²) in [6.45, 7) is 7.35. The molecule has 1 atom stereocenters. The van der Waals surface area contributed by atoms with Crippen molar-refractivity contribution in [3.05, 3.63) is 12.7 Å². The molecule has 0 spiro atoms. The van der Waals surface area contributed by atoms with Gasteiger partial charge in [-0.3, -0.25) is 4.79 Å². The van der Waals surface area contributed by atoms with Crippen molar-refractivity contribution in [2.45, 2.75) is 46.0 Å². The summed E-state index contributed by atoms with van der Waals surface area (Å²) in [6, 6.07) is 0. The normalized spacial score (nSPS) is 12.5. The molecular formula is C11H20O. The average Bonchev–Trinajstić information content (AvgIpc) is 2.03. The first-order valence-corrected chi connectivity index (χ1v) is 4.79. The van der Waals surface area contributed by atoms with Crippen LogP contribution in [0.25, 0.3) is 0 Å². The largest absolute Gasteiger partial charge is 0.300 e. The van der Waals surface area contributed by atoms with Gasteiger partial charge in [0.2, 0.25) is 0 Å². The lowest BCUT2D eigenvalue weighted by Crippen LogP contribution is -2.05. The van der Waals surface area contributed by atoms with E-state index in [-0.39, 0.29) is 5.92 Å². The molecule has 0 fully saturated rings. The number of unbranched alkanes of at least 4 members (excludes halogenated alkanes) is 3. The number of ketones is 1. The van der Waals surface area contributed by atoms with Gasteiger partial charge in [-0.25, -0.2) is 0 Å². The van der Waals surface area contributed by atoms with E-state index < -0.39 is 0 Å². The number of hydrogen-bond donors (Lipinski definition) is 0. The van der Waals surface area contributed by atoms with Crippen LogP contribution in [0.1, 0.15) is 46.0 Å². The van der Waals surface area contributed by atoms with E-state index in [0.29, 0.717) is 5.78 Å². The van der Waals surface area contributed by atoms with Crippen molar-refractivity contribution < 1.29 is 4.79 Å². The van der Waals surface area contributed by atoms with Crippen LogP contribution in [0, 0.1) is 5.92 Å². The highest BCUT2D eigenvalue weighted by Crippen LogP contribution is 2.10. The van der Waals surface area contributed by atoms with Gasteiger partial charge in [0.1, 0.15) is 5.78 Å². The third kappa shape index (κ3) is 6.14. The third-order valence-corrected chi connectivity index (χ3v) is 2.24. The Labute approximate surface area is 75.9 Å². The summed E-state index contributed by atoms with van der Waals surface area (Å²) in [5.74, 6) is 0.576. The predicted molar refractivity (Wildman–Crippen MR) is 53.1 cm³/mol. The van der Waals surface area contributed by atoms with Gasteiger partial charge in [-0.05, 0) is 26.2 Å². The zero-order valence-electron chi connectivity index (χ0n) is 8.31. The fraction of sp³-hybridized carbons (Fsp3) is 0.727. The van der Waals surface area contributed by atoms with E-state index in [1.807, 2.05) is 13.0 Å². The molecule has 0 N–H and O–H groups in total. The average molecular weight is 168 g/mol. The van der Waals surface area contributed by atoms with E-state index in [0.717, 1.165) is 12.8 Å². The molecule has 1 unspecified atom stereocenters. The van der Waals surface area contributed by atoms with Crippen molar-refractivity contribution >= 4 is 5.78 Å². The Kier molecular flexibility index (Phi) is 6.73. The lowest BCUT2D eigenvalue weighted by Gasteiger charge is -2.05. The van der Waals surface area contributed by atoms with Gasteiger partial charge in [-0.15, -0.1) is 6.58 Å². The van der Waals surface area contributed by atoms with Gasteiger partial charge in [0.15, 0.2) is 0 Å². The van der Waals surface area contributed by atoms with Crippen molar-refractivity contribution in [2.24, 2.45) is 5.92 Å². The van der Waals surface area contributed by atoms with Gasteiger partial charge < -0.3 is 0 Å². The Morgan fingerprint density at radius 3 is 2.58 bits per heavy atom. The van der Waals surface area contributed by atoms with Crippen molar-refractivity contribution in [3.63, 3.8) is 0 Å². The molecule has 1 nitrogen and oxygen atoms in total. The van der Waals surface area contributed by atoms with E-state index in [9.17, 15) is 4.79 Å². The van der Waals surface area contributed by atoms with Crippen molar-refractivity contribution in [2.75, 3.05) is 0 Å². The quantitative estimate of drug-likeness (QED) is 0.421. The lowest BCUT2D eigenvalue weighted by molar-refractivity contribution is -0.120. The van der Waals surface area contributed by atoms with Crippen LogP contribution < -0.4 is 0 Å². The number of allylic oxidation sites excluding steroid dienone is 1. The minimum Gasteiger partial charge on any atom is -0.300 e. The molecule has 0 saturated carbocycles. The van der Waals surface area contributed by atoms with Crippen LogP contribution in [-0.2, 0) is 4.79 Å². The molecule has 0 bridgehead atoms. The molecule has 0 amide bonds. The molecule has 0 radical (unpaired) electrons. The van der Waals surface area contributed by atoms with Crippen molar-refractivity contribution in [3.8, 4) is 0 Å². The molecule has 0 aliphatic rings. The molecular weight excluding hydrogens is 148 g/mol. The first-order chi connectivity index (χ1) is 5.68. The third-order valence-electron chi connectivity index (χ3n) is 2.24. The molecule has 0 heterocycles. The summed E-state index contributed by atoms with van der Waals surface area (Å²) in [6.07, 6.45) is 7.72. The molecule has 1 heteroatoms. The monoisotopic (exact) mass is 168 g/mol. The first-order valence-electron chi connectivity index (χ1n) is 4.79. The molecule has 0 aliphatic heterocycles. The Hall–Kier alpha value is -0.590. The number of carbonyl (C=O) groups excluding carboxylic acids is 1. The molecule has 0 rings (SSSR count). The Bertz CT molecular complexity index is 138. The predicted octanol–water partition coefficient (Wildman–Crippen LogP) is 3.35. The van der Waals surface area contributed by atoms with E-state index in [4.69, 9.17) is 0 Å². The first kappa shape index (κ1) is 11.4. The van der Waals surface area contributed by atoms with Crippen LogP contribution in [-0.4, -0.2) is 5.78 Å². The number of rotatable bonds is 7. The van der Waals surface area contributed by atoms with Crippen LogP contribution in [0.15, 0.2) is 12.7 Å². The summed E-state index contributed by atoms with van der Waals surface area (Å²) in [4.78, 5) is 10.8. The maximum atomic E-state index is 10.8. The van der Waals surface area contributed by atoms with E-state index in [1.165, 1.54) is 19.3 Å².